The van der Waals surface area contributed by atoms with E-state index in [1.54, 1.807) is 55.7 Å². The second-order valence-electron chi connectivity index (χ2n) is 10.9. The van der Waals surface area contributed by atoms with E-state index in [1.807, 2.05) is 0 Å². The Morgan fingerprint density at radius 1 is 1.10 bits per heavy atom. The number of benzene rings is 2. The molecule has 5 atom stereocenters. The Labute approximate surface area is 226 Å². The van der Waals surface area contributed by atoms with Gasteiger partial charge in [-0.2, -0.15) is 0 Å². The maximum atomic E-state index is 14.1. The molecule has 0 aromatic heterocycles. The van der Waals surface area contributed by atoms with Crippen molar-refractivity contribution in [1.82, 2.24) is 10.2 Å². The van der Waals surface area contributed by atoms with Gasteiger partial charge in [0.05, 0.1) is 25.0 Å². The summed E-state index contributed by atoms with van der Waals surface area (Å²) in [4.78, 5) is 43.1. The van der Waals surface area contributed by atoms with Crippen molar-refractivity contribution in [3.05, 3.63) is 72.1 Å². The predicted molar refractivity (Wildman–Crippen MR) is 141 cm³/mol. The minimum Gasteiger partial charge on any atom is -0.497 e. The highest BCUT2D eigenvalue weighted by molar-refractivity contribution is 6.02. The van der Waals surface area contributed by atoms with Crippen molar-refractivity contribution in [2.45, 2.75) is 62.4 Å². The number of halogens is 1. The highest BCUT2D eigenvalue weighted by Crippen LogP contribution is 2.55. The molecule has 0 radical (unpaired) electrons. The van der Waals surface area contributed by atoms with Gasteiger partial charge in [-0.3, -0.25) is 14.4 Å². The summed E-state index contributed by atoms with van der Waals surface area (Å²) >= 11 is 0. The van der Waals surface area contributed by atoms with Crippen LogP contribution in [0.15, 0.2) is 60.7 Å². The van der Waals surface area contributed by atoms with E-state index in [-0.39, 0.29) is 36.1 Å². The van der Waals surface area contributed by atoms with Gasteiger partial charge in [-0.05, 0) is 42.7 Å². The molecule has 39 heavy (non-hydrogen) atoms. The molecule has 204 valence electrons. The summed E-state index contributed by atoms with van der Waals surface area (Å²) in [5.41, 5.74) is -0.0236. The Morgan fingerprint density at radius 3 is 2.62 bits per heavy atom. The first-order valence-corrected chi connectivity index (χ1v) is 13.6. The first-order valence-electron chi connectivity index (χ1n) is 13.6. The normalized spacial score (nSPS) is 29.4. The lowest BCUT2D eigenvalue weighted by atomic mass is 9.74. The lowest BCUT2D eigenvalue weighted by Crippen LogP contribution is -2.56. The number of hydrogen-bond acceptors (Lipinski definition) is 5. The van der Waals surface area contributed by atoms with Gasteiger partial charge in [-0.15, -0.1) is 0 Å². The zero-order chi connectivity index (χ0) is 27.1. The van der Waals surface area contributed by atoms with Gasteiger partial charge in [0.2, 0.25) is 17.7 Å². The van der Waals surface area contributed by atoms with Crippen LogP contribution in [-0.2, 0) is 25.7 Å². The van der Waals surface area contributed by atoms with Crippen LogP contribution in [0.5, 0.6) is 5.75 Å². The first-order chi connectivity index (χ1) is 18.9. The average molecular weight is 534 g/mol. The molecule has 2 bridgehead atoms. The Kier molecular flexibility index (Phi) is 6.62. The number of likely N-dealkylation sites (tertiary alicyclic amines) is 1. The zero-order valence-corrected chi connectivity index (χ0v) is 21.8. The van der Waals surface area contributed by atoms with E-state index < -0.39 is 29.6 Å². The highest BCUT2D eigenvalue weighted by atomic mass is 19.1. The largest absolute Gasteiger partial charge is 0.497 e. The van der Waals surface area contributed by atoms with Crippen molar-refractivity contribution in [3.8, 4) is 5.75 Å². The van der Waals surface area contributed by atoms with Crippen LogP contribution in [0.4, 0.5) is 10.1 Å². The summed E-state index contributed by atoms with van der Waals surface area (Å²) in [6.45, 7) is 0.103. The molecule has 9 heteroatoms. The Balaban J connectivity index is 1.32. The average Bonchev–Trinajstić information content (AvgIpc) is 3.58. The number of amides is 3. The number of rotatable bonds is 7. The number of nitrogens with one attached hydrogen (secondary N) is 2. The molecule has 5 unspecified atom stereocenters. The van der Waals surface area contributed by atoms with Crippen LogP contribution in [0.3, 0.4) is 0 Å². The fourth-order valence-electron chi connectivity index (χ4n) is 6.68. The molecule has 6 rings (SSSR count). The van der Waals surface area contributed by atoms with Crippen LogP contribution in [0.25, 0.3) is 0 Å². The molecule has 1 saturated carbocycles. The minimum atomic E-state index is -1.25. The molecule has 3 fully saturated rings. The van der Waals surface area contributed by atoms with E-state index in [1.165, 1.54) is 17.0 Å². The number of nitrogens with zero attached hydrogens (tertiary/aromatic N) is 1. The Bertz CT molecular complexity index is 1310. The molecule has 3 heterocycles. The van der Waals surface area contributed by atoms with E-state index >= 15 is 0 Å². The van der Waals surface area contributed by atoms with Gasteiger partial charge in [-0.25, -0.2) is 4.39 Å². The second-order valence-corrected chi connectivity index (χ2v) is 10.9. The van der Waals surface area contributed by atoms with E-state index in [2.05, 4.69) is 10.6 Å². The summed E-state index contributed by atoms with van der Waals surface area (Å²) < 4.78 is 25.3. The summed E-state index contributed by atoms with van der Waals surface area (Å²) in [6.07, 6.45) is 8.00. The maximum absolute atomic E-state index is 14.1. The Hall–Kier alpha value is -3.72. The van der Waals surface area contributed by atoms with Crippen molar-refractivity contribution in [2.24, 2.45) is 11.8 Å². The van der Waals surface area contributed by atoms with Crippen LogP contribution in [0.2, 0.25) is 0 Å². The number of hydrogen-bond donors (Lipinski definition) is 2. The van der Waals surface area contributed by atoms with Gasteiger partial charge in [0, 0.05) is 24.3 Å². The van der Waals surface area contributed by atoms with Crippen LogP contribution >= 0.6 is 0 Å². The summed E-state index contributed by atoms with van der Waals surface area (Å²) in [5.74, 6) is -2.41. The van der Waals surface area contributed by atoms with Gasteiger partial charge >= 0.3 is 0 Å². The molecular formula is C30H32FN3O5. The lowest BCUT2D eigenvalue weighted by molar-refractivity contribution is -0.142. The number of fused-ring (bicyclic) bond motifs is 1. The molecule has 1 aliphatic carbocycles. The maximum Gasteiger partial charge on any atom is 0.246 e. The van der Waals surface area contributed by atoms with Crippen molar-refractivity contribution < 1.29 is 28.2 Å². The topological polar surface area (TPSA) is 97.0 Å². The summed E-state index contributed by atoms with van der Waals surface area (Å²) in [6, 6.07) is 12.0. The molecule has 8 nitrogen and oxygen atoms in total. The van der Waals surface area contributed by atoms with Gasteiger partial charge in [0.25, 0.3) is 0 Å². The van der Waals surface area contributed by atoms with E-state index in [0.29, 0.717) is 17.0 Å². The monoisotopic (exact) mass is 533 g/mol. The smallest absolute Gasteiger partial charge is 0.246 e. The van der Waals surface area contributed by atoms with Crippen LogP contribution in [0.1, 0.15) is 37.7 Å². The third kappa shape index (κ3) is 4.48. The van der Waals surface area contributed by atoms with Gasteiger partial charge in [0.15, 0.2) is 0 Å². The predicted octanol–water partition coefficient (Wildman–Crippen LogP) is 3.57. The van der Waals surface area contributed by atoms with Crippen LogP contribution in [0, 0.1) is 17.7 Å². The van der Waals surface area contributed by atoms with E-state index in [4.69, 9.17) is 9.47 Å². The third-order valence-electron chi connectivity index (χ3n) is 8.48. The van der Waals surface area contributed by atoms with E-state index in [0.717, 1.165) is 32.1 Å². The summed E-state index contributed by atoms with van der Waals surface area (Å²) in [7, 11) is 1.55. The second kappa shape index (κ2) is 10.1. The molecule has 1 spiro atoms. The van der Waals surface area contributed by atoms with Gasteiger partial charge < -0.3 is 25.0 Å². The van der Waals surface area contributed by atoms with Crippen LogP contribution in [-0.4, -0.2) is 53.5 Å². The lowest BCUT2D eigenvalue weighted by Gasteiger charge is -2.34. The molecule has 2 saturated heterocycles. The number of ether oxygens (including phenoxy) is 2. The standard InChI is InChI=1S/C30H32FN3O5/c1-38-22-9-5-8-21(16-22)33-27(35)24-23-14-15-30(39-23)25(24)29(37)34(17-18-10-12-19(31)13-11-18)26(30)28(36)32-20-6-3-2-4-7-20/h5,8-16,20,23-26H,2-4,6-7,17H2,1H3,(H,32,36)(H,33,35). The molecule has 2 aromatic rings. The number of carbonyl (C=O) groups excluding carboxylic acids is 3. The molecular weight excluding hydrogens is 501 g/mol. The van der Waals surface area contributed by atoms with Crippen molar-refractivity contribution in [2.75, 3.05) is 12.4 Å². The summed E-state index contributed by atoms with van der Waals surface area (Å²) in [5, 5.41) is 6.08. The van der Waals surface area contributed by atoms with Crippen molar-refractivity contribution in [3.63, 3.8) is 0 Å². The first kappa shape index (κ1) is 25.6. The molecule has 2 aromatic carbocycles. The van der Waals surface area contributed by atoms with E-state index in [9.17, 15) is 18.8 Å². The Morgan fingerprint density at radius 2 is 1.87 bits per heavy atom. The highest BCUT2D eigenvalue weighted by Gasteiger charge is 2.72. The number of anilines is 1. The van der Waals surface area contributed by atoms with Crippen molar-refractivity contribution >= 4 is 23.4 Å². The number of methoxy groups -OCH3 is 1. The van der Waals surface area contributed by atoms with Crippen LogP contribution < -0.4 is 15.4 Å². The fraction of sp³-hybridized carbons (Fsp3) is 0.433. The molecule has 2 N–H and O–H groups in total. The third-order valence-corrected chi connectivity index (χ3v) is 8.48. The number of carbonyl (C=O) groups is 3. The quantitative estimate of drug-likeness (QED) is 0.531. The molecule has 3 aliphatic heterocycles. The van der Waals surface area contributed by atoms with Crippen molar-refractivity contribution in [1.29, 1.82) is 0 Å². The molecule has 4 aliphatic rings. The SMILES string of the molecule is COc1cccc(NC(=O)C2C3C=CC4(O3)C2C(=O)N(Cc2ccc(F)cc2)C4C(=O)NC2CCCCC2)c1. The van der Waals surface area contributed by atoms with Gasteiger partial charge in [-0.1, -0.05) is 49.6 Å². The fourth-order valence-corrected chi connectivity index (χ4v) is 6.68. The molecule has 3 amide bonds. The zero-order valence-electron chi connectivity index (χ0n) is 21.8. The van der Waals surface area contributed by atoms with Gasteiger partial charge in [0.1, 0.15) is 23.2 Å². The minimum absolute atomic E-state index is 0.0409.